The summed E-state index contributed by atoms with van der Waals surface area (Å²) in [7, 11) is 0. The standard InChI is InChI=1S/C19H27N5O3S3/c1-5-15-22-23-18(30-15)29-11-12-8-13(24-6-7-26-16(28)10-24)9-14(20-12)21-17(25)27-19(2,3)4/h8-9,16,28H,5-7,10-11H2,1-4H3,(H,20,21,25). The van der Waals surface area contributed by atoms with Crippen LogP contribution in [0.3, 0.4) is 0 Å². The second-order valence-corrected chi connectivity index (χ2v) is 10.6. The normalized spacial score (nSPS) is 17.1. The average molecular weight is 470 g/mol. The highest BCUT2D eigenvalue weighted by molar-refractivity contribution is 8.00. The molecule has 0 saturated carbocycles. The van der Waals surface area contributed by atoms with Crippen LogP contribution in [-0.2, 0) is 21.6 Å². The molecule has 1 amide bonds. The number of thiol groups is 1. The first kappa shape index (κ1) is 23.1. The number of hydrogen-bond acceptors (Lipinski definition) is 10. The summed E-state index contributed by atoms with van der Waals surface area (Å²) in [6, 6.07) is 3.88. The fourth-order valence-corrected chi connectivity index (χ4v) is 4.77. The number of nitrogens with one attached hydrogen (secondary N) is 1. The number of rotatable bonds is 6. The lowest BCUT2D eigenvalue weighted by Gasteiger charge is -2.32. The molecule has 8 nitrogen and oxygen atoms in total. The van der Waals surface area contributed by atoms with E-state index in [0.717, 1.165) is 33.7 Å². The molecule has 1 unspecified atom stereocenters. The summed E-state index contributed by atoms with van der Waals surface area (Å²) in [6.07, 6.45) is 0.342. The number of anilines is 2. The molecule has 0 spiro atoms. The molecule has 3 heterocycles. The molecule has 1 N–H and O–H groups in total. The fourth-order valence-electron chi connectivity index (χ4n) is 2.74. The number of carbonyl (C=O) groups is 1. The topological polar surface area (TPSA) is 89.5 Å². The van der Waals surface area contributed by atoms with Gasteiger partial charge in [-0.3, -0.25) is 5.32 Å². The summed E-state index contributed by atoms with van der Waals surface area (Å²) in [6.45, 7) is 9.53. The molecule has 1 aliphatic rings. The first-order valence-electron chi connectivity index (χ1n) is 9.72. The Labute approximate surface area is 190 Å². The van der Waals surface area contributed by atoms with Gasteiger partial charge in [-0.25, -0.2) is 9.78 Å². The third-order valence-corrected chi connectivity index (χ3v) is 6.55. The van der Waals surface area contributed by atoms with E-state index in [1.807, 2.05) is 32.9 Å². The minimum absolute atomic E-state index is 0.152. The highest BCUT2D eigenvalue weighted by Gasteiger charge is 2.21. The monoisotopic (exact) mass is 469 g/mol. The number of carbonyl (C=O) groups excluding carboxylic acids is 1. The van der Waals surface area contributed by atoms with E-state index in [4.69, 9.17) is 9.47 Å². The molecule has 164 valence electrons. The van der Waals surface area contributed by atoms with Crippen LogP contribution in [0.15, 0.2) is 16.5 Å². The molecule has 0 bridgehead atoms. The summed E-state index contributed by atoms with van der Waals surface area (Å²) < 4.78 is 11.8. The molecule has 11 heteroatoms. The molecule has 1 saturated heterocycles. The summed E-state index contributed by atoms with van der Waals surface area (Å²) in [4.78, 5) is 19.0. The Morgan fingerprint density at radius 2 is 2.23 bits per heavy atom. The van der Waals surface area contributed by atoms with Gasteiger partial charge in [0.1, 0.15) is 21.9 Å². The largest absolute Gasteiger partial charge is 0.444 e. The summed E-state index contributed by atoms with van der Waals surface area (Å²) in [5.74, 6) is 1.06. The number of hydrogen-bond donors (Lipinski definition) is 2. The summed E-state index contributed by atoms with van der Waals surface area (Å²) >= 11 is 7.61. The number of pyridine rings is 1. The van der Waals surface area contributed by atoms with Crippen LogP contribution < -0.4 is 10.2 Å². The zero-order valence-electron chi connectivity index (χ0n) is 17.5. The molecule has 1 aliphatic heterocycles. The quantitative estimate of drug-likeness (QED) is 0.480. The van der Waals surface area contributed by atoms with E-state index in [9.17, 15) is 4.79 Å². The Morgan fingerprint density at radius 3 is 2.90 bits per heavy atom. The molecule has 2 aromatic heterocycles. The van der Waals surface area contributed by atoms with Crippen molar-refractivity contribution in [2.24, 2.45) is 0 Å². The van der Waals surface area contributed by atoms with E-state index in [1.165, 1.54) is 0 Å². The van der Waals surface area contributed by atoms with E-state index in [0.29, 0.717) is 24.7 Å². The van der Waals surface area contributed by atoms with Gasteiger partial charge in [0.15, 0.2) is 4.34 Å². The number of thioether (sulfide) groups is 1. The van der Waals surface area contributed by atoms with Crippen LogP contribution in [0.2, 0.25) is 0 Å². The third kappa shape index (κ3) is 7.00. The zero-order chi connectivity index (χ0) is 21.7. The van der Waals surface area contributed by atoms with Gasteiger partial charge in [-0.1, -0.05) is 30.0 Å². The van der Waals surface area contributed by atoms with Gasteiger partial charge in [-0.15, -0.1) is 22.8 Å². The van der Waals surface area contributed by atoms with Gasteiger partial charge in [0.2, 0.25) is 0 Å². The number of aromatic nitrogens is 3. The second-order valence-electron chi connectivity index (χ2n) is 7.70. The molecular weight excluding hydrogens is 442 g/mol. The molecule has 0 aliphatic carbocycles. The zero-order valence-corrected chi connectivity index (χ0v) is 20.1. The van der Waals surface area contributed by atoms with Gasteiger partial charge >= 0.3 is 6.09 Å². The molecule has 0 aromatic carbocycles. The fraction of sp³-hybridized carbons (Fsp3) is 0.579. The number of nitrogens with zero attached hydrogens (tertiary/aromatic N) is 4. The molecule has 1 fully saturated rings. The second kappa shape index (κ2) is 10.2. The maximum Gasteiger partial charge on any atom is 0.413 e. The van der Waals surface area contributed by atoms with Crippen LogP contribution in [0.25, 0.3) is 0 Å². The van der Waals surface area contributed by atoms with Crippen molar-refractivity contribution in [2.45, 2.75) is 55.2 Å². The lowest BCUT2D eigenvalue weighted by Crippen LogP contribution is -2.40. The number of ether oxygens (including phenoxy) is 2. The first-order chi connectivity index (χ1) is 14.2. The van der Waals surface area contributed by atoms with Gasteiger partial charge in [0.05, 0.1) is 18.8 Å². The van der Waals surface area contributed by atoms with Crippen LogP contribution in [0.1, 0.15) is 38.4 Å². The van der Waals surface area contributed by atoms with E-state index < -0.39 is 11.7 Å². The van der Waals surface area contributed by atoms with Crippen LogP contribution in [0.5, 0.6) is 0 Å². The van der Waals surface area contributed by atoms with Crippen molar-refractivity contribution in [1.29, 1.82) is 0 Å². The third-order valence-electron chi connectivity index (χ3n) is 4.00. The molecular formula is C19H27N5O3S3. The predicted octanol–water partition coefficient (Wildman–Crippen LogP) is 4.23. The Morgan fingerprint density at radius 1 is 1.43 bits per heavy atom. The van der Waals surface area contributed by atoms with Crippen molar-refractivity contribution in [3.8, 4) is 0 Å². The van der Waals surface area contributed by atoms with Crippen molar-refractivity contribution in [2.75, 3.05) is 29.9 Å². The molecule has 30 heavy (non-hydrogen) atoms. The Bertz CT molecular complexity index is 871. The lowest BCUT2D eigenvalue weighted by molar-refractivity contribution is 0.0635. The Kier molecular flexibility index (Phi) is 7.83. The summed E-state index contributed by atoms with van der Waals surface area (Å²) in [5, 5.41) is 12.1. The smallest absolute Gasteiger partial charge is 0.413 e. The van der Waals surface area contributed by atoms with Crippen LogP contribution in [0.4, 0.5) is 16.3 Å². The maximum absolute atomic E-state index is 12.3. The average Bonchev–Trinajstić information content (AvgIpc) is 3.13. The number of aryl methyl sites for hydroxylation is 1. The molecule has 3 rings (SSSR count). The predicted molar refractivity (Wildman–Crippen MR) is 124 cm³/mol. The minimum atomic E-state index is -0.585. The van der Waals surface area contributed by atoms with Crippen molar-refractivity contribution in [3.63, 3.8) is 0 Å². The van der Waals surface area contributed by atoms with Crippen LogP contribution in [-0.4, -0.2) is 52.0 Å². The molecule has 0 radical (unpaired) electrons. The highest BCUT2D eigenvalue weighted by Crippen LogP contribution is 2.29. The minimum Gasteiger partial charge on any atom is -0.444 e. The highest BCUT2D eigenvalue weighted by atomic mass is 32.2. The van der Waals surface area contributed by atoms with E-state index >= 15 is 0 Å². The van der Waals surface area contributed by atoms with Gasteiger partial charge in [-0.05, 0) is 33.3 Å². The van der Waals surface area contributed by atoms with Crippen LogP contribution >= 0.6 is 35.7 Å². The van der Waals surface area contributed by atoms with Crippen LogP contribution in [0, 0.1) is 0 Å². The van der Waals surface area contributed by atoms with Gasteiger partial charge in [-0.2, -0.15) is 0 Å². The van der Waals surface area contributed by atoms with Crippen molar-refractivity contribution < 1.29 is 14.3 Å². The van der Waals surface area contributed by atoms with Gasteiger partial charge in [0, 0.05) is 24.1 Å². The summed E-state index contributed by atoms with van der Waals surface area (Å²) in [5.41, 5.74) is 1.05. The lowest BCUT2D eigenvalue weighted by atomic mass is 10.2. The number of morpholine rings is 1. The molecule has 2 aromatic rings. The van der Waals surface area contributed by atoms with Crippen molar-refractivity contribution >= 4 is 53.3 Å². The van der Waals surface area contributed by atoms with E-state index in [1.54, 1.807) is 23.1 Å². The van der Waals surface area contributed by atoms with Gasteiger partial charge in [0.25, 0.3) is 0 Å². The van der Waals surface area contributed by atoms with Gasteiger partial charge < -0.3 is 14.4 Å². The van der Waals surface area contributed by atoms with Crippen molar-refractivity contribution in [3.05, 3.63) is 22.8 Å². The SMILES string of the molecule is CCc1nnc(SCc2cc(N3CCOC(S)C3)cc(NC(=O)OC(C)(C)C)n2)s1. The molecule has 1 atom stereocenters. The number of amides is 1. The Balaban J connectivity index is 1.78. The van der Waals surface area contributed by atoms with Crippen molar-refractivity contribution in [1.82, 2.24) is 15.2 Å². The first-order valence-corrected chi connectivity index (χ1v) is 12.0. The Hall–Kier alpha value is -1.56. The van der Waals surface area contributed by atoms with E-state index in [-0.39, 0.29) is 5.44 Å². The maximum atomic E-state index is 12.3. The van der Waals surface area contributed by atoms with E-state index in [2.05, 4.69) is 45.0 Å².